The molecule has 0 spiro atoms. The standard InChI is InChI=1S/C16H25N3O2/c1-21-13-10-18-16(20)8-9-17-14-4-6-15(7-5-14)19-11-2-3-12-19/h4-7,17H,2-3,8-13H2,1H3,(H,18,20). The van der Waals surface area contributed by atoms with Crippen molar-refractivity contribution in [2.24, 2.45) is 0 Å². The number of carbonyl (C=O) groups excluding carboxylic acids is 1. The van der Waals surface area contributed by atoms with Gasteiger partial charge in [0.15, 0.2) is 0 Å². The molecule has 0 unspecified atom stereocenters. The van der Waals surface area contributed by atoms with Gasteiger partial charge in [0.1, 0.15) is 0 Å². The molecule has 2 rings (SSSR count). The Labute approximate surface area is 126 Å². The highest BCUT2D eigenvalue weighted by Crippen LogP contribution is 2.21. The number of carbonyl (C=O) groups is 1. The molecule has 5 heteroatoms. The third-order valence-electron chi connectivity index (χ3n) is 3.65. The molecule has 0 bridgehead atoms. The van der Waals surface area contributed by atoms with Crippen molar-refractivity contribution in [3.05, 3.63) is 24.3 Å². The van der Waals surface area contributed by atoms with Gasteiger partial charge < -0.3 is 20.3 Å². The highest BCUT2D eigenvalue weighted by atomic mass is 16.5. The maximum absolute atomic E-state index is 11.5. The molecule has 5 nitrogen and oxygen atoms in total. The van der Waals surface area contributed by atoms with Crippen molar-refractivity contribution in [3.8, 4) is 0 Å². The Balaban J connectivity index is 1.67. The Morgan fingerprint density at radius 3 is 2.57 bits per heavy atom. The highest BCUT2D eigenvalue weighted by molar-refractivity contribution is 5.76. The van der Waals surface area contributed by atoms with Crippen LogP contribution in [0.2, 0.25) is 0 Å². The van der Waals surface area contributed by atoms with Gasteiger partial charge in [-0.1, -0.05) is 0 Å². The first-order chi connectivity index (χ1) is 10.3. The van der Waals surface area contributed by atoms with Gasteiger partial charge in [-0.25, -0.2) is 0 Å². The van der Waals surface area contributed by atoms with Crippen LogP contribution in [0.5, 0.6) is 0 Å². The molecule has 1 aliphatic rings. The van der Waals surface area contributed by atoms with E-state index in [1.165, 1.54) is 18.5 Å². The molecule has 116 valence electrons. The smallest absolute Gasteiger partial charge is 0.221 e. The number of amides is 1. The summed E-state index contributed by atoms with van der Waals surface area (Å²) in [4.78, 5) is 13.9. The summed E-state index contributed by atoms with van der Waals surface area (Å²) in [5.74, 6) is 0.0493. The summed E-state index contributed by atoms with van der Waals surface area (Å²) in [6, 6.07) is 8.45. The minimum Gasteiger partial charge on any atom is -0.385 e. The van der Waals surface area contributed by atoms with Crippen molar-refractivity contribution in [1.82, 2.24) is 5.32 Å². The van der Waals surface area contributed by atoms with Crippen LogP contribution in [-0.2, 0) is 9.53 Å². The fourth-order valence-electron chi connectivity index (χ4n) is 2.47. The van der Waals surface area contributed by atoms with Crippen LogP contribution in [0.15, 0.2) is 24.3 Å². The summed E-state index contributed by atoms with van der Waals surface area (Å²) in [6.45, 7) is 4.09. The third-order valence-corrected chi connectivity index (χ3v) is 3.65. The first kappa shape index (κ1) is 15.6. The van der Waals surface area contributed by atoms with E-state index >= 15 is 0 Å². The Morgan fingerprint density at radius 2 is 1.90 bits per heavy atom. The Morgan fingerprint density at radius 1 is 1.19 bits per heavy atom. The quantitative estimate of drug-likeness (QED) is 0.718. The zero-order chi connectivity index (χ0) is 14.9. The summed E-state index contributed by atoms with van der Waals surface area (Å²) in [5, 5.41) is 6.08. The first-order valence-electron chi connectivity index (χ1n) is 7.64. The number of ether oxygens (including phenoxy) is 1. The lowest BCUT2D eigenvalue weighted by molar-refractivity contribution is -0.121. The van der Waals surface area contributed by atoms with Gasteiger partial charge in [-0.3, -0.25) is 4.79 Å². The van der Waals surface area contributed by atoms with E-state index in [-0.39, 0.29) is 5.91 Å². The molecule has 21 heavy (non-hydrogen) atoms. The van der Waals surface area contributed by atoms with Gasteiger partial charge in [-0.05, 0) is 37.1 Å². The van der Waals surface area contributed by atoms with E-state index in [0.29, 0.717) is 26.1 Å². The maximum atomic E-state index is 11.5. The molecule has 1 fully saturated rings. The van der Waals surface area contributed by atoms with Crippen LogP contribution in [0.25, 0.3) is 0 Å². The molecule has 1 amide bonds. The van der Waals surface area contributed by atoms with E-state index in [4.69, 9.17) is 4.74 Å². The molecule has 0 aliphatic carbocycles. The molecule has 1 aromatic rings. The number of anilines is 2. The number of hydrogen-bond acceptors (Lipinski definition) is 4. The van der Waals surface area contributed by atoms with E-state index in [1.807, 2.05) is 0 Å². The van der Waals surface area contributed by atoms with Gasteiger partial charge >= 0.3 is 0 Å². The Hall–Kier alpha value is -1.75. The number of hydrogen-bond donors (Lipinski definition) is 2. The second-order valence-electron chi connectivity index (χ2n) is 5.26. The fraction of sp³-hybridized carbons (Fsp3) is 0.562. The average Bonchev–Trinajstić information content (AvgIpc) is 3.02. The van der Waals surface area contributed by atoms with Gasteiger partial charge in [-0.15, -0.1) is 0 Å². The molecular weight excluding hydrogens is 266 g/mol. The van der Waals surface area contributed by atoms with Crippen molar-refractivity contribution >= 4 is 17.3 Å². The van der Waals surface area contributed by atoms with E-state index in [9.17, 15) is 4.79 Å². The van der Waals surface area contributed by atoms with Gasteiger partial charge in [-0.2, -0.15) is 0 Å². The molecule has 1 aromatic carbocycles. The van der Waals surface area contributed by atoms with Crippen LogP contribution in [0.3, 0.4) is 0 Å². The van der Waals surface area contributed by atoms with Crippen molar-refractivity contribution in [1.29, 1.82) is 0 Å². The van der Waals surface area contributed by atoms with Crippen LogP contribution >= 0.6 is 0 Å². The van der Waals surface area contributed by atoms with Gasteiger partial charge in [0, 0.05) is 51.1 Å². The number of methoxy groups -OCH3 is 1. The highest BCUT2D eigenvalue weighted by Gasteiger charge is 2.11. The minimum absolute atomic E-state index is 0.0493. The molecule has 1 heterocycles. The number of nitrogens with one attached hydrogen (secondary N) is 2. The topological polar surface area (TPSA) is 53.6 Å². The van der Waals surface area contributed by atoms with E-state index in [2.05, 4.69) is 39.8 Å². The number of benzene rings is 1. The van der Waals surface area contributed by atoms with Crippen molar-refractivity contribution in [3.63, 3.8) is 0 Å². The monoisotopic (exact) mass is 291 g/mol. The summed E-state index contributed by atoms with van der Waals surface area (Å²) in [6.07, 6.45) is 3.05. The van der Waals surface area contributed by atoms with Crippen LogP contribution in [-0.4, -0.2) is 45.8 Å². The normalized spacial score (nSPS) is 14.2. The van der Waals surface area contributed by atoms with Crippen molar-refractivity contribution < 1.29 is 9.53 Å². The Bertz CT molecular complexity index is 428. The van der Waals surface area contributed by atoms with E-state index in [1.54, 1.807) is 7.11 Å². The SMILES string of the molecule is COCCNC(=O)CCNc1ccc(N2CCCC2)cc1. The molecule has 1 aliphatic heterocycles. The Kier molecular flexibility index (Phi) is 6.34. The van der Waals surface area contributed by atoms with Crippen LogP contribution < -0.4 is 15.5 Å². The largest absolute Gasteiger partial charge is 0.385 e. The summed E-state index contributed by atoms with van der Waals surface area (Å²) < 4.78 is 4.89. The van der Waals surface area contributed by atoms with Gasteiger partial charge in [0.25, 0.3) is 0 Å². The molecule has 1 saturated heterocycles. The third kappa shape index (κ3) is 5.27. The second kappa shape index (κ2) is 8.52. The van der Waals surface area contributed by atoms with E-state index in [0.717, 1.165) is 18.8 Å². The lowest BCUT2D eigenvalue weighted by atomic mass is 10.2. The average molecular weight is 291 g/mol. The number of nitrogens with zero attached hydrogens (tertiary/aromatic N) is 1. The molecule has 2 N–H and O–H groups in total. The zero-order valence-electron chi connectivity index (χ0n) is 12.7. The molecule has 0 atom stereocenters. The predicted molar refractivity (Wildman–Crippen MR) is 85.9 cm³/mol. The fourth-order valence-corrected chi connectivity index (χ4v) is 2.47. The van der Waals surface area contributed by atoms with Crippen molar-refractivity contribution in [2.75, 3.05) is 50.1 Å². The first-order valence-corrected chi connectivity index (χ1v) is 7.64. The summed E-state index contributed by atoms with van der Waals surface area (Å²) in [5.41, 5.74) is 2.35. The van der Waals surface area contributed by atoms with Crippen molar-refractivity contribution in [2.45, 2.75) is 19.3 Å². The van der Waals surface area contributed by atoms with Crippen LogP contribution in [0, 0.1) is 0 Å². The van der Waals surface area contributed by atoms with E-state index < -0.39 is 0 Å². The second-order valence-corrected chi connectivity index (χ2v) is 5.26. The molecular formula is C16H25N3O2. The summed E-state index contributed by atoms with van der Waals surface area (Å²) >= 11 is 0. The lowest BCUT2D eigenvalue weighted by Crippen LogP contribution is -2.28. The minimum atomic E-state index is 0.0493. The predicted octanol–water partition coefficient (Wildman–Crippen LogP) is 1.85. The molecule has 0 saturated carbocycles. The summed E-state index contributed by atoms with van der Waals surface area (Å²) in [7, 11) is 1.62. The van der Waals surface area contributed by atoms with Gasteiger partial charge in [0.2, 0.25) is 5.91 Å². The van der Waals surface area contributed by atoms with Gasteiger partial charge in [0.05, 0.1) is 6.61 Å². The zero-order valence-corrected chi connectivity index (χ0v) is 12.7. The van der Waals surface area contributed by atoms with Crippen LogP contribution in [0.4, 0.5) is 11.4 Å². The number of rotatable bonds is 8. The molecule has 0 radical (unpaired) electrons. The van der Waals surface area contributed by atoms with Crippen LogP contribution in [0.1, 0.15) is 19.3 Å². The lowest BCUT2D eigenvalue weighted by Gasteiger charge is -2.18. The maximum Gasteiger partial charge on any atom is 0.221 e. The molecule has 0 aromatic heterocycles.